The van der Waals surface area contributed by atoms with Crippen molar-refractivity contribution in [3.05, 3.63) is 0 Å². The number of aliphatic hydroxyl groups excluding tert-OH is 2. The molecule has 46 heavy (non-hydrogen) atoms. The molecule has 269 valence electrons. The zero-order valence-electron chi connectivity index (χ0n) is 29.6. The number of rotatable bonds is 34. The Bertz CT molecular complexity index is 743. The first-order chi connectivity index (χ1) is 21.7. The molecule has 0 heterocycles. The van der Waals surface area contributed by atoms with Crippen molar-refractivity contribution in [1.29, 1.82) is 0 Å². The summed E-state index contributed by atoms with van der Waals surface area (Å²) in [5.41, 5.74) is 0. The van der Waals surface area contributed by atoms with Crippen molar-refractivity contribution >= 4 is 49.3 Å². The molecule has 0 amide bonds. The van der Waals surface area contributed by atoms with Crippen LogP contribution in [-0.4, -0.2) is 95.2 Å². The first-order valence-corrected chi connectivity index (χ1v) is 19.5. The molecule has 0 aliphatic carbocycles. The van der Waals surface area contributed by atoms with Crippen LogP contribution in [0.25, 0.3) is 0 Å². The van der Waals surface area contributed by atoms with Crippen molar-refractivity contribution in [2.75, 3.05) is 26.4 Å². The zero-order chi connectivity index (χ0) is 33.4. The zero-order valence-corrected chi connectivity index (χ0v) is 32.5. The van der Waals surface area contributed by atoms with Crippen LogP contribution in [0.5, 0.6) is 0 Å². The van der Waals surface area contributed by atoms with E-state index < -0.39 is 51.8 Å². The summed E-state index contributed by atoms with van der Waals surface area (Å²) in [7, 11) is -4.60. The largest absolute Gasteiger partial charge is 0.472 e. The average molecular weight is 690 g/mol. The van der Waals surface area contributed by atoms with Gasteiger partial charge in [0.05, 0.1) is 19.8 Å². The number of carbonyl (C=O) groups is 2. The molecule has 0 saturated carbocycles. The summed E-state index contributed by atoms with van der Waals surface area (Å²) < 4.78 is 32.5. The van der Waals surface area contributed by atoms with Gasteiger partial charge in [-0.05, 0) is 12.8 Å². The summed E-state index contributed by atoms with van der Waals surface area (Å²) >= 11 is 0. The Balaban J connectivity index is 0. The van der Waals surface area contributed by atoms with Gasteiger partial charge in [0.25, 0.3) is 0 Å². The Kier molecular flexibility index (Phi) is 36.4. The van der Waals surface area contributed by atoms with E-state index in [1.54, 1.807) is 0 Å². The molecule has 10 nitrogen and oxygen atoms in total. The van der Waals surface area contributed by atoms with Crippen LogP contribution >= 0.6 is 7.82 Å². The normalized spacial score (nSPS) is 13.8. The fourth-order valence-electron chi connectivity index (χ4n) is 4.93. The molecule has 0 bridgehead atoms. The second-order valence-corrected chi connectivity index (χ2v) is 13.7. The molecule has 3 unspecified atom stereocenters. The maximum absolute atomic E-state index is 12.5. The second-order valence-electron chi connectivity index (χ2n) is 12.3. The molecule has 0 aliphatic heterocycles. The van der Waals surface area contributed by atoms with Crippen molar-refractivity contribution in [2.24, 2.45) is 0 Å². The smallest absolute Gasteiger partial charge is 0.462 e. The topological polar surface area (TPSA) is 149 Å². The Morgan fingerprint density at radius 1 is 0.587 bits per heavy atom. The van der Waals surface area contributed by atoms with E-state index in [4.69, 9.17) is 19.1 Å². The van der Waals surface area contributed by atoms with Crippen LogP contribution in [0.4, 0.5) is 0 Å². The van der Waals surface area contributed by atoms with Crippen LogP contribution in [0.3, 0.4) is 0 Å². The van der Waals surface area contributed by atoms with E-state index in [9.17, 15) is 24.2 Å². The molecule has 0 spiro atoms. The van der Waals surface area contributed by atoms with Crippen LogP contribution in [0.15, 0.2) is 0 Å². The number of carbonyl (C=O) groups excluding carboxylic acids is 2. The van der Waals surface area contributed by atoms with Crippen molar-refractivity contribution in [1.82, 2.24) is 0 Å². The van der Waals surface area contributed by atoms with Gasteiger partial charge in [-0.3, -0.25) is 18.6 Å². The molecule has 0 fully saturated rings. The minimum absolute atomic E-state index is 0. The average Bonchev–Trinajstić information content (AvgIpc) is 3.02. The van der Waals surface area contributed by atoms with Gasteiger partial charge in [0.1, 0.15) is 12.7 Å². The SMILES string of the molecule is CCCCCCCCCCCCCC(=O)OCC(COP(=O)(O)OCC(O)CO)OC(=O)CCCCCCCCCCCCC.[Na]. The van der Waals surface area contributed by atoms with E-state index in [0.717, 1.165) is 38.5 Å². The van der Waals surface area contributed by atoms with E-state index in [2.05, 4.69) is 18.4 Å². The summed E-state index contributed by atoms with van der Waals surface area (Å²) in [6.45, 7) is 2.35. The Hall–Kier alpha value is -0.0300. The molecule has 3 N–H and O–H groups in total. The third-order valence-electron chi connectivity index (χ3n) is 7.76. The predicted molar refractivity (Wildman–Crippen MR) is 184 cm³/mol. The fourth-order valence-corrected chi connectivity index (χ4v) is 5.72. The Morgan fingerprint density at radius 2 is 0.957 bits per heavy atom. The Morgan fingerprint density at radius 3 is 1.37 bits per heavy atom. The van der Waals surface area contributed by atoms with Gasteiger partial charge < -0.3 is 24.6 Å². The minimum atomic E-state index is -4.60. The molecule has 0 aliphatic rings. The fraction of sp³-hybridized carbons (Fsp3) is 0.941. The molecule has 0 aromatic heterocycles. The van der Waals surface area contributed by atoms with Gasteiger partial charge in [-0.2, -0.15) is 0 Å². The number of esters is 2. The van der Waals surface area contributed by atoms with E-state index >= 15 is 0 Å². The maximum Gasteiger partial charge on any atom is 0.472 e. The molecule has 0 saturated heterocycles. The number of unbranched alkanes of at least 4 members (excludes halogenated alkanes) is 20. The molecular formula is C34H67NaO10P. The summed E-state index contributed by atoms with van der Waals surface area (Å²) in [5.74, 6) is -0.919. The van der Waals surface area contributed by atoms with Gasteiger partial charge >= 0.3 is 19.8 Å². The van der Waals surface area contributed by atoms with Gasteiger partial charge in [0.15, 0.2) is 6.10 Å². The maximum atomic E-state index is 12.5. The van der Waals surface area contributed by atoms with Gasteiger partial charge in [-0.1, -0.05) is 142 Å². The van der Waals surface area contributed by atoms with Gasteiger partial charge in [0, 0.05) is 42.4 Å². The first kappa shape index (κ1) is 48.1. The molecule has 12 heteroatoms. The van der Waals surface area contributed by atoms with Crippen LogP contribution in [0, 0.1) is 0 Å². The monoisotopic (exact) mass is 689 g/mol. The summed E-state index contributed by atoms with van der Waals surface area (Å²) in [6, 6.07) is 0. The number of hydrogen-bond acceptors (Lipinski definition) is 9. The first-order valence-electron chi connectivity index (χ1n) is 18.0. The van der Waals surface area contributed by atoms with E-state index in [1.165, 1.54) is 89.9 Å². The van der Waals surface area contributed by atoms with E-state index in [1.807, 2.05) is 0 Å². The van der Waals surface area contributed by atoms with Crippen molar-refractivity contribution < 1.29 is 47.8 Å². The summed E-state index contributed by atoms with van der Waals surface area (Å²) in [4.78, 5) is 34.7. The molecule has 0 aromatic rings. The van der Waals surface area contributed by atoms with Gasteiger partial charge in [-0.25, -0.2) is 4.57 Å². The molecule has 0 rings (SSSR count). The number of ether oxygens (including phenoxy) is 2. The predicted octanol–water partition coefficient (Wildman–Crippen LogP) is 7.95. The molecular weight excluding hydrogens is 622 g/mol. The van der Waals surface area contributed by atoms with E-state index in [-0.39, 0.29) is 49.0 Å². The number of hydrogen-bond donors (Lipinski definition) is 3. The quantitative estimate of drug-likeness (QED) is 0.0263. The van der Waals surface area contributed by atoms with Crippen LogP contribution in [0.2, 0.25) is 0 Å². The third-order valence-corrected chi connectivity index (χ3v) is 8.71. The van der Waals surface area contributed by atoms with Gasteiger partial charge in [0.2, 0.25) is 0 Å². The minimum Gasteiger partial charge on any atom is -0.462 e. The van der Waals surface area contributed by atoms with Crippen LogP contribution in [-0.2, 0) is 32.7 Å². The summed E-state index contributed by atoms with van der Waals surface area (Å²) in [6.07, 6.45) is 23.6. The molecule has 0 aromatic carbocycles. The van der Waals surface area contributed by atoms with Crippen LogP contribution < -0.4 is 0 Å². The molecule has 1 radical (unpaired) electrons. The second kappa shape index (κ2) is 34.8. The van der Waals surface area contributed by atoms with Crippen LogP contribution in [0.1, 0.15) is 168 Å². The third kappa shape index (κ3) is 33.9. The number of phosphoric acid groups is 1. The van der Waals surface area contributed by atoms with Crippen molar-refractivity contribution in [3.8, 4) is 0 Å². The summed E-state index contributed by atoms with van der Waals surface area (Å²) in [5, 5.41) is 18.2. The van der Waals surface area contributed by atoms with E-state index in [0.29, 0.717) is 12.8 Å². The number of phosphoric ester groups is 1. The van der Waals surface area contributed by atoms with Gasteiger partial charge in [-0.15, -0.1) is 0 Å². The number of aliphatic hydroxyl groups is 2. The van der Waals surface area contributed by atoms with Crippen molar-refractivity contribution in [3.63, 3.8) is 0 Å². The standard InChI is InChI=1S/C34H67O10P.Na/c1-3-5-7-9-11-13-15-17-19-21-23-25-33(37)41-29-32(30-43-45(39,40)42-28-31(36)27-35)44-34(38)26-24-22-20-18-16-14-12-10-8-6-4-2;/h31-32,35-36H,3-30H2,1-2H3,(H,39,40);. The molecule has 3 atom stereocenters. The van der Waals surface area contributed by atoms with Crippen molar-refractivity contribution in [2.45, 2.75) is 180 Å². The Labute approximate surface area is 302 Å².